The highest BCUT2D eigenvalue weighted by molar-refractivity contribution is 8.00. The van der Waals surface area contributed by atoms with Gasteiger partial charge in [-0.15, -0.1) is 11.8 Å². The molecular weight excluding hydrogens is 428 g/mol. The molecule has 0 unspecified atom stereocenters. The van der Waals surface area contributed by atoms with Gasteiger partial charge in [0.25, 0.3) is 0 Å². The number of ether oxygens (including phenoxy) is 1. The van der Waals surface area contributed by atoms with Crippen molar-refractivity contribution < 1.29 is 14.6 Å². The summed E-state index contributed by atoms with van der Waals surface area (Å²) < 4.78 is 5.00. The van der Waals surface area contributed by atoms with Crippen LogP contribution in [0.3, 0.4) is 0 Å². The molecule has 31 heavy (non-hydrogen) atoms. The largest absolute Gasteiger partial charge is 0.508 e. The van der Waals surface area contributed by atoms with E-state index >= 15 is 0 Å². The molecule has 6 rings (SSSR count). The predicted molar refractivity (Wildman–Crippen MR) is 126 cm³/mol. The number of aromatic hydroxyl groups is 1. The Morgan fingerprint density at radius 2 is 1.77 bits per heavy atom. The van der Waals surface area contributed by atoms with Gasteiger partial charge in [-0.2, -0.15) is 0 Å². The maximum absolute atomic E-state index is 11.6. The molecule has 3 nitrogen and oxygen atoms in total. The lowest BCUT2D eigenvalue weighted by Crippen LogP contribution is -2.48. The standard InChI is InChI=1S/C26H29ClO3S/c1-2-30-25(29)15-31-20-4-5-21(23(27)11-20)19-3-6-24(28)22(10-19)26-12-16-7-17(13-26)9-18(8-16)14-26/h3-6,10-11,16-18,28H,2,7-9,12-15H2,1H3. The average molecular weight is 457 g/mol. The van der Waals surface area contributed by atoms with Gasteiger partial charge in [0.05, 0.1) is 12.4 Å². The van der Waals surface area contributed by atoms with Gasteiger partial charge >= 0.3 is 5.97 Å². The second-order valence-electron chi connectivity index (χ2n) is 9.67. The van der Waals surface area contributed by atoms with Crippen molar-refractivity contribution in [2.75, 3.05) is 12.4 Å². The van der Waals surface area contributed by atoms with Crippen molar-refractivity contribution in [2.45, 2.75) is 55.8 Å². The Hall–Kier alpha value is -1.65. The quantitative estimate of drug-likeness (QED) is 0.382. The normalized spacial score (nSPS) is 28.6. The summed E-state index contributed by atoms with van der Waals surface area (Å²) in [6.45, 7) is 2.20. The first-order chi connectivity index (χ1) is 15.0. The summed E-state index contributed by atoms with van der Waals surface area (Å²) in [4.78, 5) is 12.6. The van der Waals surface area contributed by atoms with Crippen LogP contribution in [0.5, 0.6) is 5.75 Å². The summed E-state index contributed by atoms with van der Waals surface area (Å²) >= 11 is 8.09. The maximum Gasteiger partial charge on any atom is 0.316 e. The van der Waals surface area contributed by atoms with E-state index in [0.29, 0.717) is 17.4 Å². The van der Waals surface area contributed by atoms with Crippen molar-refractivity contribution in [2.24, 2.45) is 17.8 Å². The van der Waals surface area contributed by atoms with Crippen molar-refractivity contribution in [3.63, 3.8) is 0 Å². The fraction of sp³-hybridized carbons (Fsp3) is 0.500. The topological polar surface area (TPSA) is 46.5 Å². The molecule has 0 heterocycles. The SMILES string of the molecule is CCOC(=O)CSc1ccc(-c2ccc(O)c(C34CC5CC(CC(C5)C3)C4)c2)c(Cl)c1. The molecule has 0 amide bonds. The molecule has 0 saturated heterocycles. The minimum Gasteiger partial charge on any atom is -0.508 e. The highest BCUT2D eigenvalue weighted by Gasteiger charge is 2.52. The van der Waals surface area contributed by atoms with E-state index in [4.69, 9.17) is 16.3 Å². The van der Waals surface area contributed by atoms with Crippen LogP contribution in [0, 0.1) is 17.8 Å². The predicted octanol–water partition coefficient (Wildman–Crippen LogP) is 6.84. The number of carbonyl (C=O) groups is 1. The summed E-state index contributed by atoms with van der Waals surface area (Å²) in [6.07, 6.45) is 7.80. The summed E-state index contributed by atoms with van der Waals surface area (Å²) in [5.41, 5.74) is 3.28. The summed E-state index contributed by atoms with van der Waals surface area (Å²) in [5, 5.41) is 11.5. The van der Waals surface area contributed by atoms with Crippen LogP contribution in [0.4, 0.5) is 0 Å². The molecule has 0 aliphatic heterocycles. The third-order valence-electron chi connectivity index (χ3n) is 7.52. The van der Waals surface area contributed by atoms with E-state index in [0.717, 1.165) is 39.3 Å². The van der Waals surface area contributed by atoms with Crippen LogP contribution < -0.4 is 0 Å². The van der Waals surface area contributed by atoms with Gasteiger partial charge in [-0.05, 0) is 98.4 Å². The maximum atomic E-state index is 11.6. The van der Waals surface area contributed by atoms with E-state index in [9.17, 15) is 9.90 Å². The molecule has 4 bridgehead atoms. The summed E-state index contributed by atoms with van der Waals surface area (Å²) in [6, 6.07) is 11.9. The van der Waals surface area contributed by atoms with Gasteiger partial charge < -0.3 is 9.84 Å². The average Bonchev–Trinajstić information content (AvgIpc) is 2.72. The van der Waals surface area contributed by atoms with Crippen LogP contribution in [0.25, 0.3) is 11.1 Å². The number of esters is 1. The summed E-state index contributed by atoms with van der Waals surface area (Å²) in [5.74, 6) is 2.98. The lowest BCUT2D eigenvalue weighted by atomic mass is 9.48. The Kier molecular flexibility index (Phi) is 5.72. The second-order valence-corrected chi connectivity index (χ2v) is 11.1. The number of thioether (sulfide) groups is 1. The fourth-order valence-corrected chi connectivity index (χ4v) is 7.82. The zero-order chi connectivity index (χ0) is 21.6. The Morgan fingerprint density at radius 1 is 1.10 bits per heavy atom. The number of phenols is 1. The highest BCUT2D eigenvalue weighted by Crippen LogP contribution is 2.62. The molecular formula is C26H29ClO3S. The monoisotopic (exact) mass is 456 g/mol. The molecule has 0 atom stereocenters. The second kappa shape index (κ2) is 8.37. The number of rotatable bonds is 6. The van der Waals surface area contributed by atoms with Gasteiger partial charge in [-0.25, -0.2) is 0 Å². The third kappa shape index (κ3) is 4.09. The van der Waals surface area contributed by atoms with E-state index in [-0.39, 0.29) is 17.1 Å². The molecule has 4 aliphatic carbocycles. The first-order valence-corrected chi connectivity index (χ1v) is 12.7. The molecule has 164 valence electrons. The molecule has 4 fully saturated rings. The molecule has 0 aromatic heterocycles. The number of carbonyl (C=O) groups excluding carboxylic acids is 1. The van der Waals surface area contributed by atoms with Crippen molar-refractivity contribution in [1.82, 2.24) is 0 Å². The van der Waals surface area contributed by atoms with Gasteiger partial charge in [0.2, 0.25) is 0 Å². The van der Waals surface area contributed by atoms with E-state index in [1.165, 1.54) is 50.3 Å². The van der Waals surface area contributed by atoms with Crippen LogP contribution in [-0.4, -0.2) is 23.4 Å². The number of halogens is 1. The number of phenolic OH excluding ortho intramolecular Hbond substituents is 1. The number of benzene rings is 2. The van der Waals surface area contributed by atoms with Gasteiger partial charge in [0.15, 0.2) is 0 Å². The minimum absolute atomic E-state index is 0.136. The number of hydrogen-bond donors (Lipinski definition) is 1. The zero-order valence-electron chi connectivity index (χ0n) is 17.9. The lowest BCUT2D eigenvalue weighted by molar-refractivity contribution is -0.139. The van der Waals surface area contributed by atoms with Crippen LogP contribution in [0.2, 0.25) is 5.02 Å². The molecule has 5 heteroatoms. The van der Waals surface area contributed by atoms with Crippen molar-refractivity contribution >= 4 is 29.3 Å². The van der Waals surface area contributed by atoms with Crippen LogP contribution >= 0.6 is 23.4 Å². The van der Waals surface area contributed by atoms with Crippen LogP contribution in [-0.2, 0) is 14.9 Å². The van der Waals surface area contributed by atoms with Crippen LogP contribution in [0.1, 0.15) is 51.0 Å². The highest BCUT2D eigenvalue weighted by atomic mass is 35.5. The van der Waals surface area contributed by atoms with Gasteiger partial charge in [-0.1, -0.05) is 23.7 Å². The molecule has 1 N–H and O–H groups in total. The third-order valence-corrected chi connectivity index (χ3v) is 8.80. The molecule has 2 aromatic rings. The Morgan fingerprint density at radius 3 is 2.39 bits per heavy atom. The van der Waals surface area contributed by atoms with Gasteiger partial charge in [0.1, 0.15) is 5.75 Å². The molecule has 4 saturated carbocycles. The van der Waals surface area contributed by atoms with E-state index in [1.807, 2.05) is 37.3 Å². The fourth-order valence-electron chi connectivity index (χ4n) is 6.73. The van der Waals surface area contributed by atoms with E-state index < -0.39 is 0 Å². The van der Waals surface area contributed by atoms with Crippen molar-refractivity contribution in [1.29, 1.82) is 0 Å². The Balaban J connectivity index is 1.41. The molecule has 0 radical (unpaired) electrons. The zero-order valence-corrected chi connectivity index (χ0v) is 19.5. The Bertz CT molecular complexity index is 967. The first-order valence-electron chi connectivity index (χ1n) is 11.4. The number of hydrogen-bond acceptors (Lipinski definition) is 4. The van der Waals surface area contributed by atoms with Crippen LogP contribution in [0.15, 0.2) is 41.3 Å². The van der Waals surface area contributed by atoms with E-state index in [1.54, 1.807) is 0 Å². The Labute approximate surface area is 193 Å². The van der Waals surface area contributed by atoms with Crippen molar-refractivity contribution in [3.05, 3.63) is 47.0 Å². The smallest absolute Gasteiger partial charge is 0.316 e. The van der Waals surface area contributed by atoms with E-state index in [2.05, 4.69) is 6.07 Å². The van der Waals surface area contributed by atoms with Crippen molar-refractivity contribution in [3.8, 4) is 16.9 Å². The molecule has 0 spiro atoms. The first kappa shape index (κ1) is 21.2. The summed E-state index contributed by atoms with van der Waals surface area (Å²) in [7, 11) is 0. The van der Waals surface area contributed by atoms with Gasteiger partial charge in [-0.3, -0.25) is 4.79 Å². The lowest BCUT2D eigenvalue weighted by Gasteiger charge is -2.57. The minimum atomic E-state index is -0.216. The molecule has 4 aliphatic rings. The van der Waals surface area contributed by atoms with Gasteiger partial charge in [0, 0.05) is 21.0 Å². The molecule has 2 aromatic carbocycles.